The molecule has 0 atom stereocenters. The van der Waals surface area contributed by atoms with Gasteiger partial charge in [-0.2, -0.15) is 0 Å². The highest BCUT2D eigenvalue weighted by Gasteiger charge is 2.14. The number of hydrogen-bond donors (Lipinski definition) is 0. The van der Waals surface area contributed by atoms with E-state index in [1.807, 2.05) is 0 Å². The molecule has 130 valence electrons. The Labute approximate surface area is 155 Å². The van der Waals surface area contributed by atoms with Crippen molar-refractivity contribution in [2.24, 2.45) is 0 Å². The molecule has 0 bridgehead atoms. The first-order chi connectivity index (χ1) is 12.0. The van der Waals surface area contributed by atoms with Crippen molar-refractivity contribution in [3.8, 4) is 11.5 Å². The molecule has 0 N–H and O–H groups in total. The van der Waals surface area contributed by atoms with Gasteiger partial charge in [-0.05, 0) is 42.8 Å². The second-order valence-corrected chi connectivity index (χ2v) is 8.81. The first-order valence-corrected chi connectivity index (χ1v) is 10.6. The Kier molecular flexibility index (Phi) is 5.78. The van der Waals surface area contributed by atoms with Crippen LogP contribution in [0.25, 0.3) is 11.5 Å². The Morgan fingerprint density at radius 2 is 1.72 bits per heavy atom. The summed E-state index contributed by atoms with van der Waals surface area (Å²) >= 11 is 7.19. The maximum atomic E-state index is 12.2. The van der Waals surface area contributed by atoms with Gasteiger partial charge in [0.05, 0.1) is 10.6 Å². The lowest BCUT2D eigenvalue weighted by Crippen LogP contribution is -2.07. The van der Waals surface area contributed by atoms with E-state index in [0.717, 1.165) is 5.56 Å². The van der Waals surface area contributed by atoms with Crippen molar-refractivity contribution in [1.29, 1.82) is 0 Å². The maximum absolute atomic E-state index is 12.2. The third-order valence-corrected chi connectivity index (χ3v) is 6.36. The first kappa shape index (κ1) is 18.0. The molecule has 3 rings (SSSR count). The Balaban J connectivity index is 1.52. The van der Waals surface area contributed by atoms with E-state index in [-0.39, 0.29) is 5.75 Å². The van der Waals surface area contributed by atoms with Crippen LogP contribution in [-0.4, -0.2) is 30.1 Å². The van der Waals surface area contributed by atoms with E-state index in [4.69, 9.17) is 16.0 Å². The molecule has 0 aliphatic carbocycles. The van der Waals surface area contributed by atoms with Crippen molar-refractivity contribution in [2.45, 2.75) is 16.5 Å². The van der Waals surface area contributed by atoms with Crippen LogP contribution in [0.1, 0.15) is 6.42 Å². The Bertz CT molecular complexity index is 926. The summed E-state index contributed by atoms with van der Waals surface area (Å²) in [4.78, 5) is 0.350. The van der Waals surface area contributed by atoms with Crippen LogP contribution in [0, 0.1) is 0 Å². The minimum absolute atomic E-state index is 0.0855. The molecule has 0 saturated carbocycles. The average molecular weight is 395 g/mol. The summed E-state index contributed by atoms with van der Waals surface area (Å²) in [6.07, 6.45) is 0.501. The van der Waals surface area contributed by atoms with Gasteiger partial charge >= 0.3 is 0 Å². The summed E-state index contributed by atoms with van der Waals surface area (Å²) < 4.78 is 30.0. The van der Waals surface area contributed by atoms with Crippen molar-refractivity contribution >= 4 is 33.2 Å². The number of halogens is 1. The monoisotopic (exact) mass is 394 g/mol. The lowest BCUT2D eigenvalue weighted by atomic mass is 10.2. The first-order valence-electron chi connectivity index (χ1n) is 7.55. The molecule has 25 heavy (non-hydrogen) atoms. The van der Waals surface area contributed by atoms with Crippen LogP contribution in [0.5, 0.6) is 0 Å². The average Bonchev–Trinajstić information content (AvgIpc) is 3.09. The number of hydrogen-bond acceptors (Lipinski definition) is 6. The molecule has 0 aliphatic heterocycles. The topological polar surface area (TPSA) is 73.1 Å². The van der Waals surface area contributed by atoms with Gasteiger partial charge in [0.1, 0.15) is 0 Å². The maximum Gasteiger partial charge on any atom is 0.276 e. The molecule has 0 fully saturated rings. The third-order valence-electron chi connectivity index (χ3n) is 3.38. The second-order valence-electron chi connectivity index (χ2n) is 5.21. The summed E-state index contributed by atoms with van der Waals surface area (Å²) in [5, 5.41) is 9.02. The molecule has 0 unspecified atom stereocenters. The van der Waals surface area contributed by atoms with E-state index in [0.29, 0.717) is 33.2 Å². The van der Waals surface area contributed by atoms with E-state index in [2.05, 4.69) is 10.2 Å². The summed E-state index contributed by atoms with van der Waals surface area (Å²) in [5.41, 5.74) is 0.787. The number of aromatic nitrogens is 2. The second kappa shape index (κ2) is 8.03. The molecule has 8 heteroatoms. The zero-order valence-electron chi connectivity index (χ0n) is 13.1. The zero-order chi connectivity index (χ0) is 17.7. The summed E-state index contributed by atoms with van der Waals surface area (Å²) in [6.45, 7) is 0. The van der Waals surface area contributed by atoms with E-state index in [1.54, 1.807) is 54.6 Å². The summed E-state index contributed by atoms with van der Waals surface area (Å²) in [5.74, 6) is 1.08. The van der Waals surface area contributed by atoms with Gasteiger partial charge < -0.3 is 4.42 Å². The summed E-state index contributed by atoms with van der Waals surface area (Å²) in [6, 6.07) is 15.6. The number of sulfone groups is 1. The molecule has 0 radical (unpaired) electrons. The van der Waals surface area contributed by atoms with Crippen LogP contribution in [0.2, 0.25) is 5.02 Å². The van der Waals surface area contributed by atoms with Crippen molar-refractivity contribution < 1.29 is 12.8 Å². The molecule has 0 aliphatic rings. The molecule has 3 aromatic rings. The molecular formula is C17H15ClN2O3S2. The fourth-order valence-electron chi connectivity index (χ4n) is 2.13. The predicted octanol–water partition coefficient (Wildman–Crippen LogP) is 4.35. The Hall–Kier alpha value is -1.83. The smallest absolute Gasteiger partial charge is 0.276 e. The van der Waals surface area contributed by atoms with Crippen molar-refractivity contribution in [2.75, 3.05) is 11.5 Å². The Morgan fingerprint density at radius 3 is 2.44 bits per heavy atom. The normalized spacial score (nSPS) is 11.6. The molecule has 1 aromatic heterocycles. The highest BCUT2D eigenvalue weighted by molar-refractivity contribution is 7.99. The molecule has 5 nitrogen and oxygen atoms in total. The Morgan fingerprint density at radius 1 is 1.00 bits per heavy atom. The van der Waals surface area contributed by atoms with Gasteiger partial charge in [-0.25, -0.2) is 8.42 Å². The molecule has 0 amide bonds. The van der Waals surface area contributed by atoms with Crippen LogP contribution in [0.15, 0.2) is 69.1 Å². The highest BCUT2D eigenvalue weighted by atomic mass is 35.5. The minimum atomic E-state index is -3.25. The molecule has 2 aromatic carbocycles. The lowest BCUT2D eigenvalue weighted by Gasteiger charge is -2.03. The van der Waals surface area contributed by atoms with Crippen LogP contribution in [-0.2, 0) is 9.84 Å². The van der Waals surface area contributed by atoms with Gasteiger partial charge in [0.15, 0.2) is 9.84 Å². The van der Waals surface area contributed by atoms with Gasteiger partial charge in [0.25, 0.3) is 5.22 Å². The fourth-order valence-corrected chi connectivity index (χ4v) is 4.47. The largest absolute Gasteiger partial charge is 0.411 e. The number of benzene rings is 2. The van der Waals surface area contributed by atoms with Crippen LogP contribution in [0.3, 0.4) is 0 Å². The van der Waals surface area contributed by atoms with Crippen molar-refractivity contribution in [3.63, 3.8) is 0 Å². The van der Waals surface area contributed by atoms with E-state index >= 15 is 0 Å². The molecule has 0 saturated heterocycles. The van der Waals surface area contributed by atoms with E-state index < -0.39 is 9.84 Å². The number of rotatable bonds is 7. The molecule has 0 spiro atoms. The quantitative estimate of drug-likeness (QED) is 0.438. The van der Waals surface area contributed by atoms with Crippen LogP contribution >= 0.6 is 23.4 Å². The predicted molar refractivity (Wildman–Crippen MR) is 98.6 cm³/mol. The van der Waals surface area contributed by atoms with Gasteiger partial charge in [-0.3, -0.25) is 0 Å². The van der Waals surface area contributed by atoms with Crippen molar-refractivity contribution in [3.05, 3.63) is 59.6 Å². The van der Waals surface area contributed by atoms with Crippen LogP contribution < -0.4 is 0 Å². The molecule has 1 heterocycles. The van der Waals surface area contributed by atoms with Gasteiger partial charge in [-0.1, -0.05) is 41.6 Å². The molecular weight excluding hydrogens is 380 g/mol. The number of nitrogens with zero attached hydrogens (tertiary/aromatic N) is 2. The fraction of sp³-hybridized carbons (Fsp3) is 0.176. The summed E-state index contributed by atoms with van der Waals surface area (Å²) in [7, 11) is -3.25. The SMILES string of the molecule is O=S(=O)(CCCSc1nnc(-c2ccc(Cl)cc2)o1)c1ccccc1. The lowest BCUT2D eigenvalue weighted by molar-refractivity contribution is 0.466. The third kappa shape index (κ3) is 4.84. The zero-order valence-corrected chi connectivity index (χ0v) is 15.5. The van der Waals surface area contributed by atoms with Crippen molar-refractivity contribution in [1.82, 2.24) is 10.2 Å². The van der Waals surface area contributed by atoms with Gasteiger partial charge in [0.2, 0.25) is 5.89 Å². The number of thioether (sulfide) groups is 1. The van der Waals surface area contributed by atoms with E-state index in [1.165, 1.54) is 11.8 Å². The van der Waals surface area contributed by atoms with Gasteiger partial charge in [0, 0.05) is 16.3 Å². The highest BCUT2D eigenvalue weighted by Crippen LogP contribution is 2.25. The van der Waals surface area contributed by atoms with Crippen LogP contribution in [0.4, 0.5) is 0 Å². The van der Waals surface area contributed by atoms with E-state index in [9.17, 15) is 8.42 Å². The van der Waals surface area contributed by atoms with Gasteiger partial charge in [-0.15, -0.1) is 10.2 Å². The standard InChI is InChI=1S/C17H15ClN2O3S2/c18-14-9-7-13(8-10-14)16-19-20-17(23-16)24-11-4-12-25(21,22)15-5-2-1-3-6-15/h1-3,5-10H,4,11-12H2. The minimum Gasteiger partial charge on any atom is -0.411 e.